The Balaban J connectivity index is 1.55. The van der Waals surface area contributed by atoms with E-state index in [1.165, 1.54) is 12.8 Å². The maximum atomic E-state index is 13.1. The number of rotatable bonds is 7. The average molecular weight is 402 g/mol. The molecule has 1 amide bonds. The van der Waals surface area contributed by atoms with Gasteiger partial charge in [0.1, 0.15) is 5.75 Å². The molecule has 1 aromatic carbocycles. The third-order valence-corrected chi connectivity index (χ3v) is 5.42. The number of amides is 1. The molecule has 154 valence electrons. The number of likely N-dealkylation sites (tertiary alicyclic amines) is 1. The summed E-state index contributed by atoms with van der Waals surface area (Å²) in [5, 5.41) is 3.07. The fraction of sp³-hybridized carbons (Fsp3) is 0.292. The zero-order valence-corrected chi connectivity index (χ0v) is 17.2. The molecule has 2 aromatic heterocycles. The molecular formula is C24H26N4O2. The van der Waals surface area contributed by atoms with Crippen molar-refractivity contribution < 1.29 is 9.53 Å². The van der Waals surface area contributed by atoms with E-state index in [9.17, 15) is 4.79 Å². The van der Waals surface area contributed by atoms with Crippen LogP contribution in [0.4, 0.5) is 5.69 Å². The maximum absolute atomic E-state index is 13.1. The molecule has 1 saturated heterocycles. The van der Waals surface area contributed by atoms with Gasteiger partial charge in [0.05, 0.1) is 24.2 Å². The molecule has 3 heterocycles. The van der Waals surface area contributed by atoms with Crippen molar-refractivity contribution >= 4 is 11.6 Å². The second kappa shape index (κ2) is 9.50. The van der Waals surface area contributed by atoms with Crippen LogP contribution >= 0.6 is 0 Å². The van der Waals surface area contributed by atoms with E-state index in [4.69, 9.17) is 4.74 Å². The summed E-state index contributed by atoms with van der Waals surface area (Å²) < 4.78 is 5.54. The molecule has 0 atom stereocenters. The Morgan fingerprint density at radius 1 is 1.03 bits per heavy atom. The molecule has 6 nitrogen and oxygen atoms in total. The smallest absolute Gasteiger partial charge is 0.255 e. The number of hydrogen-bond acceptors (Lipinski definition) is 5. The highest BCUT2D eigenvalue weighted by molar-refractivity contribution is 6.06. The molecule has 1 aliphatic rings. The van der Waals surface area contributed by atoms with Gasteiger partial charge in [0.15, 0.2) is 0 Å². The predicted molar refractivity (Wildman–Crippen MR) is 118 cm³/mol. The highest BCUT2D eigenvalue weighted by Crippen LogP contribution is 2.30. The second-order valence-corrected chi connectivity index (χ2v) is 7.39. The number of carbonyl (C=O) groups is 1. The molecule has 0 bridgehead atoms. The maximum Gasteiger partial charge on any atom is 0.255 e. The summed E-state index contributed by atoms with van der Waals surface area (Å²) in [4.78, 5) is 24.2. The summed E-state index contributed by atoms with van der Waals surface area (Å²) in [5.41, 5.74) is 3.74. The van der Waals surface area contributed by atoms with E-state index in [1.807, 2.05) is 30.3 Å². The first-order valence-corrected chi connectivity index (χ1v) is 10.3. The van der Waals surface area contributed by atoms with Crippen LogP contribution < -0.4 is 10.1 Å². The summed E-state index contributed by atoms with van der Waals surface area (Å²) in [6.45, 7) is 3.28. The van der Waals surface area contributed by atoms with Crippen molar-refractivity contribution in [1.29, 1.82) is 0 Å². The molecule has 1 fully saturated rings. The number of hydrogen-bond donors (Lipinski definition) is 1. The van der Waals surface area contributed by atoms with Gasteiger partial charge in [-0.3, -0.25) is 14.8 Å². The van der Waals surface area contributed by atoms with E-state index >= 15 is 0 Å². The molecule has 30 heavy (non-hydrogen) atoms. The van der Waals surface area contributed by atoms with Crippen LogP contribution in [0.15, 0.2) is 60.9 Å². The van der Waals surface area contributed by atoms with Crippen LogP contribution in [0.1, 0.15) is 28.8 Å². The number of pyridine rings is 2. The van der Waals surface area contributed by atoms with E-state index in [0.29, 0.717) is 17.0 Å². The van der Waals surface area contributed by atoms with Gasteiger partial charge in [-0.15, -0.1) is 0 Å². The molecule has 0 aliphatic carbocycles. The Labute approximate surface area is 176 Å². The molecule has 4 rings (SSSR count). The summed E-state index contributed by atoms with van der Waals surface area (Å²) in [6, 6.07) is 15.0. The van der Waals surface area contributed by atoms with Crippen molar-refractivity contribution in [3.8, 4) is 17.1 Å². The van der Waals surface area contributed by atoms with E-state index in [2.05, 4.69) is 26.3 Å². The van der Waals surface area contributed by atoms with Crippen molar-refractivity contribution in [1.82, 2.24) is 14.9 Å². The number of methoxy groups -OCH3 is 1. The highest BCUT2D eigenvalue weighted by atomic mass is 16.5. The lowest BCUT2D eigenvalue weighted by atomic mass is 10.1. The van der Waals surface area contributed by atoms with Crippen molar-refractivity contribution in [2.75, 3.05) is 32.1 Å². The molecular weight excluding hydrogens is 376 g/mol. The number of benzene rings is 1. The largest absolute Gasteiger partial charge is 0.495 e. The third-order valence-electron chi connectivity index (χ3n) is 5.42. The lowest BCUT2D eigenvalue weighted by Crippen LogP contribution is -2.23. The number of ether oxygens (including phenoxy) is 1. The van der Waals surface area contributed by atoms with E-state index in [1.54, 1.807) is 31.6 Å². The SMILES string of the molecule is COc1cccc(CCN2CCCC2)c1NC(=O)c1ccnc(-c2ccccn2)c1. The first-order valence-electron chi connectivity index (χ1n) is 10.3. The van der Waals surface area contributed by atoms with Crippen LogP contribution in [0.3, 0.4) is 0 Å². The topological polar surface area (TPSA) is 67.3 Å². The monoisotopic (exact) mass is 402 g/mol. The zero-order valence-electron chi connectivity index (χ0n) is 17.2. The van der Waals surface area contributed by atoms with Crippen LogP contribution in [0.5, 0.6) is 5.75 Å². The molecule has 6 heteroatoms. The lowest BCUT2D eigenvalue weighted by molar-refractivity contribution is 0.102. The Kier molecular flexibility index (Phi) is 6.35. The molecule has 0 radical (unpaired) electrons. The number of nitrogens with zero attached hydrogens (tertiary/aromatic N) is 3. The quantitative estimate of drug-likeness (QED) is 0.646. The minimum Gasteiger partial charge on any atom is -0.495 e. The Morgan fingerprint density at radius 3 is 2.63 bits per heavy atom. The molecule has 3 aromatic rings. The Hall–Kier alpha value is -3.25. The van der Waals surface area contributed by atoms with Gasteiger partial charge in [-0.25, -0.2) is 0 Å². The molecule has 0 saturated carbocycles. The first kappa shape index (κ1) is 20.0. The number of anilines is 1. The van der Waals surface area contributed by atoms with Crippen molar-refractivity contribution in [3.63, 3.8) is 0 Å². The average Bonchev–Trinajstić information content (AvgIpc) is 3.32. The summed E-state index contributed by atoms with van der Waals surface area (Å²) in [6.07, 6.45) is 6.74. The molecule has 0 spiro atoms. The normalized spacial score (nSPS) is 13.9. The predicted octanol–water partition coefficient (Wildman–Crippen LogP) is 4.04. The van der Waals surface area contributed by atoms with Gasteiger partial charge in [0.25, 0.3) is 5.91 Å². The van der Waals surface area contributed by atoms with Crippen molar-refractivity contribution in [3.05, 3.63) is 72.1 Å². The minimum atomic E-state index is -0.193. The zero-order chi connectivity index (χ0) is 20.8. The van der Waals surface area contributed by atoms with E-state index in [0.717, 1.165) is 43.0 Å². The molecule has 0 unspecified atom stereocenters. The fourth-order valence-corrected chi connectivity index (χ4v) is 3.79. The van der Waals surface area contributed by atoms with Crippen LogP contribution in [-0.4, -0.2) is 47.5 Å². The second-order valence-electron chi connectivity index (χ2n) is 7.39. The van der Waals surface area contributed by atoms with Gasteiger partial charge >= 0.3 is 0 Å². The molecule has 1 aliphatic heterocycles. The number of carbonyl (C=O) groups excluding carboxylic acids is 1. The van der Waals surface area contributed by atoms with Crippen molar-refractivity contribution in [2.24, 2.45) is 0 Å². The van der Waals surface area contributed by atoms with Gasteiger partial charge in [0, 0.05) is 24.5 Å². The Morgan fingerprint density at radius 2 is 1.87 bits per heavy atom. The van der Waals surface area contributed by atoms with Gasteiger partial charge < -0.3 is 15.0 Å². The number of para-hydroxylation sites is 1. The summed E-state index contributed by atoms with van der Waals surface area (Å²) in [5.74, 6) is 0.475. The number of aromatic nitrogens is 2. The molecule has 1 N–H and O–H groups in total. The van der Waals surface area contributed by atoms with Crippen LogP contribution in [0.25, 0.3) is 11.4 Å². The fourth-order valence-electron chi connectivity index (χ4n) is 3.79. The van der Waals surface area contributed by atoms with Gasteiger partial charge in [-0.2, -0.15) is 0 Å². The summed E-state index contributed by atoms with van der Waals surface area (Å²) >= 11 is 0. The van der Waals surface area contributed by atoms with Gasteiger partial charge in [-0.1, -0.05) is 18.2 Å². The minimum absolute atomic E-state index is 0.193. The summed E-state index contributed by atoms with van der Waals surface area (Å²) in [7, 11) is 1.63. The van der Waals surface area contributed by atoms with Crippen LogP contribution in [-0.2, 0) is 6.42 Å². The standard InChI is InChI=1S/C24H26N4O2/c1-30-22-9-6-7-18(11-16-28-14-4-5-15-28)23(22)27-24(29)19-10-13-26-21(17-19)20-8-2-3-12-25-20/h2-3,6-10,12-13,17H,4-5,11,14-16H2,1H3,(H,27,29). The van der Waals surface area contributed by atoms with E-state index < -0.39 is 0 Å². The van der Waals surface area contributed by atoms with Crippen LogP contribution in [0, 0.1) is 0 Å². The van der Waals surface area contributed by atoms with Gasteiger partial charge in [0.2, 0.25) is 0 Å². The lowest BCUT2D eigenvalue weighted by Gasteiger charge is -2.18. The Bertz CT molecular complexity index is 1000. The van der Waals surface area contributed by atoms with Gasteiger partial charge in [-0.05, 0) is 68.2 Å². The van der Waals surface area contributed by atoms with E-state index in [-0.39, 0.29) is 5.91 Å². The number of nitrogens with one attached hydrogen (secondary N) is 1. The highest BCUT2D eigenvalue weighted by Gasteiger charge is 2.17. The first-order chi connectivity index (χ1) is 14.7. The van der Waals surface area contributed by atoms with Crippen LogP contribution in [0.2, 0.25) is 0 Å². The van der Waals surface area contributed by atoms with Crippen molar-refractivity contribution in [2.45, 2.75) is 19.3 Å². The third kappa shape index (κ3) is 4.66.